The highest BCUT2D eigenvalue weighted by Gasteiger charge is 2.55. The predicted octanol–water partition coefficient (Wildman–Crippen LogP) is 0.993. The maximum absolute atomic E-state index is 9.59. The Kier molecular flexibility index (Phi) is 1.68. The highest BCUT2D eigenvalue weighted by molar-refractivity contribution is 5.29. The van der Waals surface area contributed by atoms with E-state index in [1.54, 1.807) is 12.2 Å². The van der Waals surface area contributed by atoms with E-state index in [2.05, 4.69) is 6.58 Å². The molecule has 72 valence electrons. The zero-order valence-electron chi connectivity index (χ0n) is 7.86. The number of aliphatic hydroxyl groups excluding tert-OH is 1. The molecule has 0 bridgehead atoms. The zero-order chi connectivity index (χ0) is 9.69. The van der Waals surface area contributed by atoms with Crippen molar-refractivity contribution in [3.05, 3.63) is 24.8 Å². The maximum atomic E-state index is 9.59. The zero-order valence-corrected chi connectivity index (χ0v) is 7.86. The third-order valence-electron chi connectivity index (χ3n) is 2.46. The van der Waals surface area contributed by atoms with Crippen LogP contribution in [0.1, 0.15) is 13.8 Å². The smallest absolute Gasteiger partial charge is 0.165 e. The molecule has 13 heavy (non-hydrogen) atoms. The Balaban J connectivity index is 2.35. The molecular formula is C10H14O3. The SMILES string of the molecule is C=C[C@@]12C=C[C@H](O)[C@@H]1OC(C)(C)O2. The van der Waals surface area contributed by atoms with Crippen LogP contribution in [-0.4, -0.2) is 28.7 Å². The van der Waals surface area contributed by atoms with E-state index in [4.69, 9.17) is 9.47 Å². The van der Waals surface area contributed by atoms with E-state index < -0.39 is 17.5 Å². The minimum Gasteiger partial charge on any atom is -0.386 e. The van der Waals surface area contributed by atoms with E-state index in [1.165, 1.54) is 0 Å². The second-order valence-corrected chi connectivity index (χ2v) is 3.95. The third-order valence-corrected chi connectivity index (χ3v) is 2.46. The van der Waals surface area contributed by atoms with Gasteiger partial charge >= 0.3 is 0 Å². The van der Waals surface area contributed by atoms with Crippen molar-refractivity contribution in [2.24, 2.45) is 0 Å². The maximum Gasteiger partial charge on any atom is 0.165 e. The first-order valence-electron chi connectivity index (χ1n) is 4.38. The summed E-state index contributed by atoms with van der Waals surface area (Å²) in [5, 5.41) is 9.59. The number of rotatable bonds is 1. The van der Waals surface area contributed by atoms with E-state index in [9.17, 15) is 5.11 Å². The standard InChI is InChI=1S/C10H14O3/c1-4-10-6-5-7(11)8(10)12-9(2,3)13-10/h4-8,11H,1H2,2-3H3/t7-,8-,10+/m0/s1. The van der Waals surface area contributed by atoms with Crippen molar-refractivity contribution in [2.45, 2.75) is 37.4 Å². The van der Waals surface area contributed by atoms with Crippen molar-refractivity contribution in [1.29, 1.82) is 0 Å². The molecule has 2 rings (SSSR count). The van der Waals surface area contributed by atoms with Crippen LogP contribution in [-0.2, 0) is 9.47 Å². The number of aliphatic hydroxyl groups is 1. The van der Waals surface area contributed by atoms with Crippen LogP contribution in [0.3, 0.4) is 0 Å². The lowest BCUT2D eigenvalue weighted by Gasteiger charge is -2.22. The fraction of sp³-hybridized carbons (Fsp3) is 0.600. The third kappa shape index (κ3) is 1.15. The molecule has 0 aromatic carbocycles. The Morgan fingerprint density at radius 3 is 2.77 bits per heavy atom. The van der Waals surface area contributed by atoms with Gasteiger partial charge in [0, 0.05) is 0 Å². The average Bonchev–Trinajstić information content (AvgIpc) is 2.47. The molecule has 1 saturated heterocycles. The van der Waals surface area contributed by atoms with Gasteiger partial charge < -0.3 is 14.6 Å². The largest absolute Gasteiger partial charge is 0.386 e. The second-order valence-electron chi connectivity index (χ2n) is 3.95. The molecule has 1 aliphatic heterocycles. The lowest BCUT2D eigenvalue weighted by molar-refractivity contribution is -0.157. The van der Waals surface area contributed by atoms with E-state index in [-0.39, 0.29) is 6.10 Å². The summed E-state index contributed by atoms with van der Waals surface area (Å²) in [6, 6.07) is 0. The quantitative estimate of drug-likeness (QED) is 0.615. The minimum absolute atomic E-state index is 0.347. The summed E-state index contributed by atoms with van der Waals surface area (Å²) >= 11 is 0. The van der Waals surface area contributed by atoms with Gasteiger partial charge in [-0.3, -0.25) is 0 Å². The summed E-state index contributed by atoms with van der Waals surface area (Å²) < 4.78 is 11.3. The van der Waals surface area contributed by atoms with Gasteiger partial charge in [0.05, 0.1) is 0 Å². The van der Waals surface area contributed by atoms with Gasteiger partial charge in [-0.2, -0.15) is 0 Å². The molecule has 1 aliphatic carbocycles. The molecule has 0 amide bonds. The number of ether oxygens (including phenoxy) is 2. The summed E-state index contributed by atoms with van der Waals surface area (Å²) in [7, 11) is 0. The number of hydrogen-bond acceptors (Lipinski definition) is 3. The molecule has 0 spiro atoms. The van der Waals surface area contributed by atoms with Crippen LogP contribution in [0.4, 0.5) is 0 Å². The first-order chi connectivity index (χ1) is 5.99. The van der Waals surface area contributed by atoms with Gasteiger partial charge in [0.1, 0.15) is 17.8 Å². The van der Waals surface area contributed by atoms with E-state index in [1.807, 2.05) is 19.9 Å². The summed E-state index contributed by atoms with van der Waals surface area (Å²) in [5.41, 5.74) is -0.636. The van der Waals surface area contributed by atoms with Crippen LogP contribution in [0.5, 0.6) is 0 Å². The summed E-state index contributed by atoms with van der Waals surface area (Å²) in [4.78, 5) is 0. The molecule has 1 N–H and O–H groups in total. The van der Waals surface area contributed by atoms with Gasteiger partial charge in [0.25, 0.3) is 0 Å². The Morgan fingerprint density at radius 1 is 1.54 bits per heavy atom. The van der Waals surface area contributed by atoms with Gasteiger partial charge in [-0.1, -0.05) is 18.7 Å². The fourth-order valence-corrected chi connectivity index (χ4v) is 1.95. The molecule has 3 atom stereocenters. The van der Waals surface area contributed by atoms with E-state index >= 15 is 0 Å². The van der Waals surface area contributed by atoms with Gasteiger partial charge in [-0.15, -0.1) is 0 Å². The van der Waals surface area contributed by atoms with Crippen LogP contribution >= 0.6 is 0 Å². The molecule has 1 heterocycles. The lowest BCUT2D eigenvalue weighted by atomic mass is 10.0. The molecule has 0 saturated carbocycles. The molecule has 0 aromatic rings. The monoisotopic (exact) mass is 182 g/mol. The lowest BCUT2D eigenvalue weighted by Crippen LogP contribution is -2.37. The van der Waals surface area contributed by atoms with Crippen molar-refractivity contribution < 1.29 is 14.6 Å². The Morgan fingerprint density at radius 2 is 2.23 bits per heavy atom. The van der Waals surface area contributed by atoms with Crippen LogP contribution in [0.25, 0.3) is 0 Å². The second kappa shape index (κ2) is 2.44. The van der Waals surface area contributed by atoms with E-state index in [0.717, 1.165) is 0 Å². The fourth-order valence-electron chi connectivity index (χ4n) is 1.95. The topological polar surface area (TPSA) is 38.7 Å². The minimum atomic E-state index is -0.648. The molecule has 0 unspecified atom stereocenters. The van der Waals surface area contributed by atoms with Crippen molar-refractivity contribution in [2.75, 3.05) is 0 Å². The first-order valence-corrected chi connectivity index (χ1v) is 4.38. The van der Waals surface area contributed by atoms with Crippen LogP contribution in [0.15, 0.2) is 24.8 Å². The molecule has 3 nitrogen and oxygen atoms in total. The number of fused-ring (bicyclic) bond motifs is 1. The average molecular weight is 182 g/mol. The van der Waals surface area contributed by atoms with Crippen molar-refractivity contribution >= 4 is 0 Å². The number of hydrogen-bond donors (Lipinski definition) is 1. The van der Waals surface area contributed by atoms with Crippen LogP contribution in [0.2, 0.25) is 0 Å². The Labute approximate surface area is 77.7 Å². The normalized spacial score (nSPS) is 46.4. The molecule has 0 aromatic heterocycles. The Bertz CT molecular complexity index is 269. The van der Waals surface area contributed by atoms with Gasteiger partial charge in [-0.25, -0.2) is 0 Å². The Hall–Kier alpha value is -0.640. The highest BCUT2D eigenvalue weighted by Crippen LogP contribution is 2.43. The molecule has 0 radical (unpaired) electrons. The van der Waals surface area contributed by atoms with Crippen LogP contribution < -0.4 is 0 Å². The molecule has 2 aliphatic rings. The highest BCUT2D eigenvalue weighted by atomic mass is 16.8. The van der Waals surface area contributed by atoms with Crippen molar-refractivity contribution in [3.63, 3.8) is 0 Å². The summed E-state index contributed by atoms with van der Waals surface area (Å²) in [5.74, 6) is -0.648. The molecule has 3 heteroatoms. The van der Waals surface area contributed by atoms with E-state index in [0.29, 0.717) is 0 Å². The first kappa shape index (κ1) is 8.94. The predicted molar refractivity (Wildman–Crippen MR) is 48.1 cm³/mol. The van der Waals surface area contributed by atoms with Crippen molar-refractivity contribution in [1.82, 2.24) is 0 Å². The van der Waals surface area contributed by atoms with Gasteiger partial charge in [-0.05, 0) is 19.9 Å². The van der Waals surface area contributed by atoms with Crippen molar-refractivity contribution in [3.8, 4) is 0 Å². The summed E-state index contributed by atoms with van der Waals surface area (Å²) in [6.07, 6.45) is 4.23. The summed E-state index contributed by atoms with van der Waals surface area (Å²) in [6.45, 7) is 7.37. The van der Waals surface area contributed by atoms with Gasteiger partial charge in [0.15, 0.2) is 5.79 Å². The molecular weight excluding hydrogens is 168 g/mol. The van der Waals surface area contributed by atoms with Crippen LogP contribution in [0, 0.1) is 0 Å². The molecule has 1 fully saturated rings. The van der Waals surface area contributed by atoms with Gasteiger partial charge in [0.2, 0.25) is 0 Å².